The largest absolute Gasteiger partial charge is 0.457 e. The zero-order valence-corrected chi connectivity index (χ0v) is 18.5. The molecule has 160 valence electrons. The highest BCUT2D eigenvalue weighted by Gasteiger charge is 2.46. The molecule has 4 rings (SSSR count). The lowest BCUT2D eigenvalue weighted by atomic mass is 9.85. The zero-order chi connectivity index (χ0) is 21.8. The molecule has 0 spiro atoms. The molecule has 1 aliphatic heterocycles. The lowest BCUT2D eigenvalue weighted by molar-refractivity contribution is -0.136. The second-order valence-corrected chi connectivity index (χ2v) is 8.74. The Bertz CT molecular complexity index is 1030. The quantitative estimate of drug-likeness (QED) is 0.500. The first-order valence-corrected chi connectivity index (χ1v) is 10.9. The highest BCUT2D eigenvalue weighted by atomic mass is 16.5. The second-order valence-electron chi connectivity index (χ2n) is 8.74. The number of para-hydroxylation sites is 1. The predicted molar refractivity (Wildman–Crippen MR) is 126 cm³/mol. The smallest absolute Gasteiger partial charge is 0.244 e. The maximum absolute atomic E-state index is 13.1. The van der Waals surface area contributed by atoms with Crippen molar-refractivity contribution in [1.82, 2.24) is 4.90 Å². The number of ether oxygens (including phenoxy) is 1. The number of carbonyl (C=O) groups is 1. The molecule has 4 nitrogen and oxygen atoms in total. The molecule has 0 bridgehead atoms. The van der Waals surface area contributed by atoms with Gasteiger partial charge in [0, 0.05) is 24.8 Å². The molecule has 4 heteroatoms. The Morgan fingerprint density at radius 2 is 1.71 bits per heavy atom. The van der Waals surface area contributed by atoms with Crippen molar-refractivity contribution < 1.29 is 9.53 Å². The van der Waals surface area contributed by atoms with Crippen molar-refractivity contribution in [2.75, 3.05) is 11.9 Å². The summed E-state index contributed by atoms with van der Waals surface area (Å²) in [6.07, 6.45) is 0.850. The van der Waals surface area contributed by atoms with E-state index in [0.29, 0.717) is 11.7 Å². The average Bonchev–Trinajstić information content (AvgIpc) is 2.77. The first-order chi connectivity index (χ1) is 14.9. The van der Waals surface area contributed by atoms with Gasteiger partial charge in [0.15, 0.2) is 0 Å². The minimum absolute atomic E-state index is 0.0226. The number of anilines is 1. The molecular formula is C27H30N2O2. The Labute approximate surface area is 184 Å². The number of carbonyl (C=O) groups excluding carboxylic acids is 1. The third kappa shape index (κ3) is 4.80. The van der Waals surface area contributed by atoms with Crippen LogP contribution in [-0.2, 0) is 11.3 Å². The van der Waals surface area contributed by atoms with Gasteiger partial charge in [-0.2, -0.15) is 0 Å². The van der Waals surface area contributed by atoms with E-state index < -0.39 is 5.54 Å². The van der Waals surface area contributed by atoms with E-state index in [2.05, 4.69) is 48.3 Å². The van der Waals surface area contributed by atoms with E-state index in [4.69, 9.17) is 4.74 Å². The van der Waals surface area contributed by atoms with Crippen molar-refractivity contribution >= 4 is 11.6 Å². The summed E-state index contributed by atoms with van der Waals surface area (Å²) in [4.78, 5) is 15.4. The van der Waals surface area contributed by atoms with E-state index in [1.165, 1.54) is 11.1 Å². The molecule has 1 atom stereocenters. The minimum atomic E-state index is -0.507. The van der Waals surface area contributed by atoms with Crippen molar-refractivity contribution in [3.63, 3.8) is 0 Å². The van der Waals surface area contributed by atoms with Gasteiger partial charge in [-0.3, -0.25) is 9.69 Å². The number of benzene rings is 3. The molecule has 0 aromatic heterocycles. The van der Waals surface area contributed by atoms with Crippen LogP contribution in [0, 0.1) is 0 Å². The van der Waals surface area contributed by atoms with Gasteiger partial charge in [0.2, 0.25) is 5.91 Å². The van der Waals surface area contributed by atoms with Crippen LogP contribution in [0.4, 0.5) is 5.69 Å². The number of hydrogen-bond donors (Lipinski definition) is 1. The SMILES string of the molecule is CC(C)c1ccc(CN2CCC2(C)C(=O)Nc2cccc(Oc3ccccc3)c2)cc1. The first kappa shape index (κ1) is 21.1. The molecule has 1 unspecified atom stereocenters. The van der Waals surface area contributed by atoms with Gasteiger partial charge in [0.1, 0.15) is 11.5 Å². The fraction of sp³-hybridized carbons (Fsp3) is 0.296. The Hall–Kier alpha value is -3.11. The summed E-state index contributed by atoms with van der Waals surface area (Å²) in [5.41, 5.74) is 2.81. The van der Waals surface area contributed by atoms with E-state index in [9.17, 15) is 4.79 Å². The maximum Gasteiger partial charge on any atom is 0.244 e. The van der Waals surface area contributed by atoms with Crippen molar-refractivity contribution in [2.24, 2.45) is 0 Å². The summed E-state index contributed by atoms with van der Waals surface area (Å²) in [6.45, 7) is 8.13. The van der Waals surface area contributed by atoms with Gasteiger partial charge in [-0.1, -0.05) is 62.4 Å². The lowest BCUT2D eigenvalue weighted by Crippen LogP contribution is -2.63. The Morgan fingerprint density at radius 3 is 2.35 bits per heavy atom. The number of nitrogens with zero attached hydrogens (tertiary/aromatic N) is 1. The monoisotopic (exact) mass is 414 g/mol. The molecule has 0 radical (unpaired) electrons. The van der Waals surface area contributed by atoms with Crippen LogP contribution >= 0.6 is 0 Å². The number of rotatable bonds is 7. The fourth-order valence-corrected chi connectivity index (χ4v) is 3.87. The van der Waals surface area contributed by atoms with Crippen molar-refractivity contribution in [3.8, 4) is 11.5 Å². The topological polar surface area (TPSA) is 41.6 Å². The van der Waals surface area contributed by atoms with Crippen molar-refractivity contribution in [2.45, 2.75) is 45.2 Å². The normalized spacial score (nSPS) is 18.5. The molecule has 1 amide bonds. The number of amides is 1. The van der Waals surface area contributed by atoms with Crippen LogP contribution in [0.5, 0.6) is 11.5 Å². The summed E-state index contributed by atoms with van der Waals surface area (Å²) < 4.78 is 5.89. The van der Waals surface area contributed by atoms with E-state index in [0.717, 1.165) is 30.9 Å². The highest BCUT2D eigenvalue weighted by molar-refractivity contribution is 5.98. The minimum Gasteiger partial charge on any atom is -0.457 e. The van der Waals surface area contributed by atoms with Gasteiger partial charge in [-0.15, -0.1) is 0 Å². The number of nitrogens with one attached hydrogen (secondary N) is 1. The summed E-state index contributed by atoms with van der Waals surface area (Å²) in [6, 6.07) is 25.9. The number of likely N-dealkylation sites (tertiary alicyclic amines) is 1. The molecule has 1 saturated heterocycles. The molecule has 3 aromatic rings. The first-order valence-electron chi connectivity index (χ1n) is 10.9. The van der Waals surface area contributed by atoms with Gasteiger partial charge in [-0.25, -0.2) is 0 Å². The second kappa shape index (κ2) is 8.94. The van der Waals surface area contributed by atoms with Crippen molar-refractivity contribution in [1.29, 1.82) is 0 Å². The van der Waals surface area contributed by atoms with Crippen LogP contribution < -0.4 is 10.1 Å². The molecule has 1 heterocycles. The number of hydrogen-bond acceptors (Lipinski definition) is 3. The summed E-state index contributed by atoms with van der Waals surface area (Å²) >= 11 is 0. The Kier molecular flexibility index (Phi) is 6.10. The van der Waals surface area contributed by atoms with Gasteiger partial charge in [0.25, 0.3) is 0 Å². The molecule has 1 aliphatic rings. The van der Waals surface area contributed by atoms with Gasteiger partial charge < -0.3 is 10.1 Å². The standard InChI is InChI=1S/C27H30N2O2/c1-20(2)22-14-12-21(13-15-22)19-29-17-16-27(29,3)26(30)28-23-8-7-11-25(18-23)31-24-9-5-4-6-10-24/h4-15,18,20H,16-17,19H2,1-3H3,(H,28,30). The molecular weight excluding hydrogens is 384 g/mol. The molecule has 0 aliphatic carbocycles. The van der Waals surface area contributed by atoms with Crippen LogP contribution in [0.15, 0.2) is 78.9 Å². The highest BCUT2D eigenvalue weighted by Crippen LogP contribution is 2.34. The van der Waals surface area contributed by atoms with Gasteiger partial charge in [-0.05, 0) is 54.7 Å². The molecule has 1 N–H and O–H groups in total. The third-order valence-corrected chi connectivity index (χ3v) is 6.15. The van der Waals surface area contributed by atoms with Crippen molar-refractivity contribution in [3.05, 3.63) is 90.0 Å². The lowest BCUT2D eigenvalue weighted by Gasteiger charge is -2.49. The van der Waals surface area contributed by atoms with Gasteiger partial charge >= 0.3 is 0 Å². The predicted octanol–water partition coefficient (Wildman–Crippen LogP) is 6.21. The van der Waals surface area contributed by atoms with Crippen LogP contribution in [0.3, 0.4) is 0 Å². The molecule has 3 aromatic carbocycles. The third-order valence-electron chi connectivity index (χ3n) is 6.15. The molecule has 0 saturated carbocycles. The zero-order valence-electron chi connectivity index (χ0n) is 18.5. The molecule has 1 fully saturated rings. The Morgan fingerprint density at radius 1 is 1.00 bits per heavy atom. The molecule has 31 heavy (non-hydrogen) atoms. The average molecular weight is 415 g/mol. The summed E-state index contributed by atoms with van der Waals surface area (Å²) in [7, 11) is 0. The van der Waals surface area contributed by atoms with E-state index in [1.807, 2.05) is 61.5 Å². The van der Waals surface area contributed by atoms with Crippen LogP contribution in [-0.4, -0.2) is 22.9 Å². The van der Waals surface area contributed by atoms with E-state index in [-0.39, 0.29) is 5.91 Å². The summed E-state index contributed by atoms with van der Waals surface area (Å²) in [5, 5.41) is 3.09. The van der Waals surface area contributed by atoms with E-state index in [1.54, 1.807) is 0 Å². The van der Waals surface area contributed by atoms with E-state index >= 15 is 0 Å². The fourth-order valence-electron chi connectivity index (χ4n) is 3.87. The van der Waals surface area contributed by atoms with Gasteiger partial charge in [0.05, 0.1) is 5.54 Å². The van der Waals surface area contributed by atoms with Crippen LogP contribution in [0.2, 0.25) is 0 Å². The summed E-state index contributed by atoms with van der Waals surface area (Å²) in [5.74, 6) is 2.02. The maximum atomic E-state index is 13.1. The Balaban J connectivity index is 1.40. The van der Waals surface area contributed by atoms with Crippen LogP contribution in [0.25, 0.3) is 0 Å². The van der Waals surface area contributed by atoms with Crippen LogP contribution in [0.1, 0.15) is 44.2 Å².